The number of guanidine groups is 1. The second kappa shape index (κ2) is 8.77. The molecular formula is C18H28BrN7O. The van der Waals surface area contributed by atoms with Gasteiger partial charge in [0.05, 0.1) is 6.54 Å². The average Bonchev–Trinajstić information content (AvgIpc) is 3.14. The quantitative estimate of drug-likeness (QED) is 0.422. The van der Waals surface area contributed by atoms with Gasteiger partial charge in [-0.1, -0.05) is 0 Å². The predicted molar refractivity (Wildman–Crippen MR) is 110 cm³/mol. The van der Waals surface area contributed by atoms with Gasteiger partial charge in [0.15, 0.2) is 5.96 Å². The molecule has 27 heavy (non-hydrogen) atoms. The molecule has 0 aromatic carbocycles. The summed E-state index contributed by atoms with van der Waals surface area (Å²) in [6.45, 7) is 2.92. The van der Waals surface area contributed by atoms with E-state index in [2.05, 4.69) is 46.9 Å². The summed E-state index contributed by atoms with van der Waals surface area (Å²) in [6, 6.07) is 2.11. The van der Waals surface area contributed by atoms with Gasteiger partial charge in [-0.2, -0.15) is 5.10 Å². The summed E-state index contributed by atoms with van der Waals surface area (Å²) in [6.07, 6.45) is 5.96. The molecule has 0 bridgehead atoms. The van der Waals surface area contributed by atoms with Crippen molar-refractivity contribution in [2.24, 2.45) is 12.0 Å². The molecule has 0 saturated heterocycles. The Labute approximate surface area is 168 Å². The molecule has 2 aromatic heterocycles. The first-order valence-electron chi connectivity index (χ1n) is 9.38. The summed E-state index contributed by atoms with van der Waals surface area (Å²) in [5, 5.41) is 7.85. The molecule has 0 spiro atoms. The maximum atomic E-state index is 12.3. The van der Waals surface area contributed by atoms with Crippen molar-refractivity contribution >= 4 is 21.9 Å². The SMILES string of the molecule is CN=C(NCCCn1nc2n(c1=O)CCCC2)N(C)Cc1cc(Br)cn1C. The van der Waals surface area contributed by atoms with E-state index in [1.54, 1.807) is 11.7 Å². The number of halogens is 1. The molecule has 8 nitrogen and oxygen atoms in total. The van der Waals surface area contributed by atoms with Crippen molar-refractivity contribution in [1.82, 2.24) is 29.1 Å². The fourth-order valence-electron chi connectivity index (χ4n) is 3.45. The minimum atomic E-state index is 0.0282. The van der Waals surface area contributed by atoms with E-state index in [0.29, 0.717) is 6.54 Å². The van der Waals surface area contributed by atoms with Gasteiger partial charge in [0.25, 0.3) is 0 Å². The maximum absolute atomic E-state index is 12.3. The third-order valence-corrected chi connectivity index (χ3v) is 5.34. The van der Waals surface area contributed by atoms with Gasteiger partial charge >= 0.3 is 5.69 Å². The Balaban J connectivity index is 1.49. The molecular weight excluding hydrogens is 410 g/mol. The zero-order valence-corrected chi connectivity index (χ0v) is 17.9. The fourth-order valence-corrected chi connectivity index (χ4v) is 4.02. The van der Waals surface area contributed by atoms with Gasteiger partial charge in [0.1, 0.15) is 5.82 Å². The van der Waals surface area contributed by atoms with Gasteiger partial charge in [-0.3, -0.25) is 9.56 Å². The van der Waals surface area contributed by atoms with Crippen LogP contribution in [0.4, 0.5) is 0 Å². The largest absolute Gasteiger partial charge is 0.356 e. The van der Waals surface area contributed by atoms with Crippen LogP contribution in [-0.2, 0) is 33.1 Å². The van der Waals surface area contributed by atoms with E-state index < -0.39 is 0 Å². The monoisotopic (exact) mass is 437 g/mol. The second-order valence-corrected chi connectivity index (χ2v) is 7.89. The number of hydrogen-bond acceptors (Lipinski definition) is 3. The molecule has 3 heterocycles. The molecule has 9 heteroatoms. The van der Waals surface area contributed by atoms with Crippen LogP contribution in [0.1, 0.15) is 30.8 Å². The number of aromatic nitrogens is 4. The Morgan fingerprint density at radius 3 is 2.93 bits per heavy atom. The highest BCUT2D eigenvalue weighted by Gasteiger charge is 2.16. The number of fused-ring (bicyclic) bond motifs is 1. The first-order chi connectivity index (χ1) is 13.0. The molecule has 0 unspecified atom stereocenters. The van der Waals surface area contributed by atoms with E-state index in [1.807, 2.05) is 24.9 Å². The summed E-state index contributed by atoms with van der Waals surface area (Å²) >= 11 is 3.51. The number of aliphatic imine (C=N–C) groups is 1. The van der Waals surface area contributed by atoms with E-state index in [-0.39, 0.29) is 5.69 Å². The Bertz CT molecular complexity index is 864. The number of nitrogens with zero attached hydrogens (tertiary/aromatic N) is 6. The van der Waals surface area contributed by atoms with Crippen LogP contribution >= 0.6 is 15.9 Å². The topological polar surface area (TPSA) is 72.4 Å². The standard InChI is InChI=1S/C18H28BrN7O/c1-20-17(24(3)13-15-11-14(19)12-23(15)2)21-8-6-10-26-18(27)25-9-5-4-7-16(25)22-26/h11-12H,4-10,13H2,1-3H3,(H,20,21). The van der Waals surface area contributed by atoms with E-state index in [4.69, 9.17) is 0 Å². The number of aryl methyl sites for hydroxylation is 3. The molecule has 2 aromatic rings. The molecule has 0 aliphatic carbocycles. The molecule has 1 aliphatic rings. The highest BCUT2D eigenvalue weighted by molar-refractivity contribution is 9.10. The van der Waals surface area contributed by atoms with Gasteiger partial charge in [-0.25, -0.2) is 9.48 Å². The van der Waals surface area contributed by atoms with Gasteiger partial charge in [-0.05, 0) is 41.3 Å². The van der Waals surface area contributed by atoms with Crippen LogP contribution < -0.4 is 11.0 Å². The van der Waals surface area contributed by atoms with Crippen molar-refractivity contribution in [1.29, 1.82) is 0 Å². The Kier molecular flexibility index (Phi) is 6.41. The minimum Gasteiger partial charge on any atom is -0.356 e. The van der Waals surface area contributed by atoms with Crippen LogP contribution in [0, 0.1) is 0 Å². The molecule has 0 saturated carbocycles. The molecule has 1 N–H and O–H groups in total. The third-order valence-electron chi connectivity index (χ3n) is 4.91. The normalized spacial score (nSPS) is 14.3. The molecule has 148 valence electrons. The van der Waals surface area contributed by atoms with Crippen molar-refractivity contribution < 1.29 is 0 Å². The Morgan fingerprint density at radius 2 is 2.26 bits per heavy atom. The van der Waals surface area contributed by atoms with Gasteiger partial charge in [0, 0.05) is 63.6 Å². The lowest BCUT2D eigenvalue weighted by molar-refractivity contribution is 0.456. The second-order valence-electron chi connectivity index (χ2n) is 6.97. The smallest absolute Gasteiger partial charge is 0.345 e. The van der Waals surface area contributed by atoms with Crippen LogP contribution in [0.15, 0.2) is 26.5 Å². The summed E-state index contributed by atoms with van der Waals surface area (Å²) in [5.74, 6) is 1.77. The molecule has 1 aliphatic heterocycles. The summed E-state index contributed by atoms with van der Waals surface area (Å²) in [7, 11) is 5.84. The van der Waals surface area contributed by atoms with E-state index in [1.165, 1.54) is 5.69 Å². The highest BCUT2D eigenvalue weighted by atomic mass is 79.9. The molecule has 0 radical (unpaired) electrons. The third kappa shape index (κ3) is 4.63. The summed E-state index contributed by atoms with van der Waals surface area (Å²) < 4.78 is 6.60. The van der Waals surface area contributed by atoms with Gasteiger partial charge in [0.2, 0.25) is 0 Å². The highest BCUT2D eigenvalue weighted by Crippen LogP contribution is 2.15. The van der Waals surface area contributed by atoms with Crippen molar-refractivity contribution in [3.63, 3.8) is 0 Å². The van der Waals surface area contributed by atoms with Crippen LogP contribution in [0.5, 0.6) is 0 Å². The van der Waals surface area contributed by atoms with Gasteiger partial charge < -0.3 is 14.8 Å². The average molecular weight is 438 g/mol. The predicted octanol–water partition coefficient (Wildman–Crippen LogP) is 1.58. The van der Waals surface area contributed by atoms with E-state index >= 15 is 0 Å². The van der Waals surface area contributed by atoms with Crippen LogP contribution in [0.2, 0.25) is 0 Å². The zero-order chi connectivity index (χ0) is 19.4. The van der Waals surface area contributed by atoms with Crippen molar-refractivity contribution in [3.05, 3.63) is 38.7 Å². The van der Waals surface area contributed by atoms with Crippen LogP contribution in [0.25, 0.3) is 0 Å². The minimum absolute atomic E-state index is 0.0282. The van der Waals surface area contributed by atoms with E-state index in [9.17, 15) is 4.79 Å². The Hall–Kier alpha value is -2.03. The molecule has 0 atom stereocenters. The lowest BCUT2D eigenvalue weighted by Gasteiger charge is -2.22. The Morgan fingerprint density at radius 1 is 1.44 bits per heavy atom. The summed E-state index contributed by atoms with van der Waals surface area (Å²) in [4.78, 5) is 18.8. The zero-order valence-electron chi connectivity index (χ0n) is 16.3. The van der Waals surface area contributed by atoms with Crippen molar-refractivity contribution in [2.75, 3.05) is 20.6 Å². The van der Waals surface area contributed by atoms with Crippen molar-refractivity contribution in [2.45, 2.75) is 45.3 Å². The van der Waals surface area contributed by atoms with Crippen LogP contribution in [0.3, 0.4) is 0 Å². The number of nitrogens with one attached hydrogen (secondary N) is 1. The summed E-state index contributed by atoms with van der Waals surface area (Å²) in [5.41, 5.74) is 1.22. The first kappa shape index (κ1) is 19.7. The fraction of sp³-hybridized carbons (Fsp3) is 0.611. The van der Waals surface area contributed by atoms with Crippen LogP contribution in [-0.4, -0.2) is 50.4 Å². The molecule has 0 amide bonds. The van der Waals surface area contributed by atoms with E-state index in [0.717, 1.165) is 61.6 Å². The number of rotatable bonds is 6. The lowest BCUT2D eigenvalue weighted by atomic mass is 10.2. The van der Waals surface area contributed by atoms with Crippen molar-refractivity contribution in [3.8, 4) is 0 Å². The maximum Gasteiger partial charge on any atom is 0.345 e. The first-order valence-corrected chi connectivity index (χ1v) is 10.2. The number of hydrogen-bond donors (Lipinski definition) is 1. The van der Waals surface area contributed by atoms with Gasteiger partial charge in [-0.15, -0.1) is 0 Å². The molecule has 3 rings (SSSR count). The lowest BCUT2D eigenvalue weighted by Crippen LogP contribution is -2.39. The molecule has 0 fully saturated rings.